The van der Waals surface area contributed by atoms with Crippen LogP contribution in [0.2, 0.25) is 0 Å². The Hall–Kier alpha value is -2.27. The van der Waals surface area contributed by atoms with Gasteiger partial charge in [0.25, 0.3) is 5.91 Å². The number of carbonyl (C=O) groups is 1. The molecule has 1 aromatic carbocycles. The largest absolute Gasteiger partial charge is 0.355 e. The summed E-state index contributed by atoms with van der Waals surface area (Å²) in [5, 5.41) is 3.39. The zero-order chi connectivity index (χ0) is 13.2. The van der Waals surface area contributed by atoms with E-state index in [1.807, 2.05) is 24.3 Å². The molecule has 0 radical (unpaired) electrons. The van der Waals surface area contributed by atoms with Gasteiger partial charge in [0, 0.05) is 13.2 Å². The minimum absolute atomic E-state index is 0.151. The summed E-state index contributed by atoms with van der Waals surface area (Å²) in [4.78, 5) is 20.7. The molecule has 3 aromatic rings. The lowest BCUT2D eigenvalue weighted by Crippen LogP contribution is -2.19. The van der Waals surface area contributed by atoms with E-state index in [-0.39, 0.29) is 5.91 Å². The molecule has 19 heavy (non-hydrogen) atoms. The van der Waals surface area contributed by atoms with Crippen LogP contribution in [-0.4, -0.2) is 22.9 Å². The van der Waals surface area contributed by atoms with Gasteiger partial charge in [0.05, 0.1) is 15.8 Å². The zero-order valence-corrected chi connectivity index (χ0v) is 11.1. The number of pyridine rings is 1. The van der Waals surface area contributed by atoms with E-state index < -0.39 is 0 Å². The second-order valence-electron chi connectivity index (χ2n) is 3.97. The van der Waals surface area contributed by atoms with Gasteiger partial charge in [-0.25, -0.2) is 4.98 Å². The maximum atomic E-state index is 11.8. The molecule has 3 rings (SSSR count). The smallest absolute Gasteiger partial charge is 0.253 e. The molecule has 0 saturated heterocycles. The van der Waals surface area contributed by atoms with Crippen molar-refractivity contribution < 1.29 is 4.79 Å². The van der Waals surface area contributed by atoms with Crippen LogP contribution in [0, 0.1) is 0 Å². The quantitative estimate of drug-likeness (QED) is 0.778. The highest BCUT2D eigenvalue weighted by atomic mass is 32.1. The molecule has 0 spiro atoms. The normalized spacial score (nSPS) is 10.6. The van der Waals surface area contributed by atoms with E-state index >= 15 is 0 Å². The van der Waals surface area contributed by atoms with Crippen LogP contribution < -0.4 is 5.32 Å². The number of thiazole rings is 1. The van der Waals surface area contributed by atoms with Crippen LogP contribution in [0.4, 0.5) is 0 Å². The van der Waals surface area contributed by atoms with E-state index in [1.165, 1.54) is 11.3 Å². The van der Waals surface area contributed by atoms with Gasteiger partial charge in [-0.15, -0.1) is 11.3 Å². The molecule has 0 saturated carbocycles. The van der Waals surface area contributed by atoms with Crippen LogP contribution in [-0.2, 0) is 0 Å². The number of amides is 1. The van der Waals surface area contributed by atoms with E-state index in [2.05, 4.69) is 15.3 Å². The van der Waals surface area contributed by atoms with Gasteiger partial charge >= 0.3 is 0 Å². The van der Waals surface area contributed by atoms with Crippen LogP contribution in [0.5, 0.6) is 0 Å². The van der Waals surface area contributed by atoms with Gasteiger partial charge in [-0.1, -0.05) is 12.1 Å². The van der Waals surface area contributed by atoms with Crippen molar-refractivity contribution in [1.82, 2.24) is 15.3 Å². The van der Waals surface area contributed by atoms with Gasteiger partial charge in [0.15, 0.2) is 0 Å². The van der Waals surface area contributed by atoms with Crippen molar-refractivity contribution in [3.05, 3.63) is 48.2 Å². The van der Waals surface area contributed by atoms with Crippen molar-refractivity contribution in [3.63, 3.8) is 0 Å². The van der Waals surface area contributed by atoms with Crippen LogP contribution >= 0.6 is 11.3 Å². The first-order valence-electron chi connectivity index (χ1n) is 5.82. The molecule has 1 amide bonds. The number of rotatable bonds is 2. The minimum Gasteiger partial charge on any atom is -0.355 e. The van der Waals surface area contributed by atoms with Crippen LogP contribution in [0.15, 0.2) is 42.6 Å². The number of nitrogens with zero attached hydrogens (tertiary/aromatic N) is 2. The number of carbonyl (C=O) groups excluding carboxylic acids is 1. The van der Waals surface area contributed by atoms with Gasteiger partial charge in [-0.05, 0) is 24.3 Å². The first-order valence-corrected chi connectivity index (χ1v) is 6.64. The molecule has 0 aliphatic rings. The molecule has 5 heteroatoms. The zero-order valence-electron chi connectivity index (χ0n) is 10.3. The Kier molecular flexibility index (Phi) is 2.97. The summed E-state index contributed by atoms with van der Waals surface area (Å²) < 4.78 is 1.09. The molecule has 2 aromatic heterocycles. The van der Waals surface area contributed by atoms with E-state index in [1.54, 1.807) is 25.4 Å². The summed E-state index contributed by atoms with van der Waals surface area (Å²) in [5.74, 6) is -0.151. The highest BCUT2D eigenvalue weighted by Gasteiger charge is 2.15. The number of nitrogens with one attached hydrogen (secondary N) is 1. The third kappa shape index (κ3) is 2.08. The average molecular weight is 269 g/mol. The number of aromatic nitrogens is 2. The third-order valence-electron chi connectivity index (χ3n) is 2.78. The van der Waals surface area contributed by atoms with E-state index in [0.717, 1.165) is 15.2 Å². The maximum Gasteiger partial charge on any atom is 0.253 e. The molecule has 94 valence electrons. The summed E-state index contributed by atoms with van der Waals surface area (Å²) in [6.45, 7) is 0. The molecule has 0 aliphatic carbocycles. The predicted molar refractivity (Wildman–Crippen MR) is 76.2 cm³/mol. The lowest BCUT2D eigenvalue weighted by molar-refractivity contribution is 0.0963. The first-order chi connectivity index (χ1) is 9.29. The van der Waals surface area contributed by atoms with Crippen molar-refractivity contribution in [3.8, 4) is 10.7 Å². The Morgan fingerprint density at radius 3 is 2.84 bits per heavy atom. The second kappa shape index (κ2) is 4.78. The topological polar surface area (TPSA) is 54.9 Å². The molecular formula is C14H11N3OS. The van der Waals surface area contributed by atoms with Crippen molar-refractivity contribution in [2.75, 3.05) is 7.05 Å². The van der Waals surface area contributed by atoms with Crippen molar-refractivity contribution in [2.24, 2.45) is 0 Å². The molecule has 0 unspecified atom stereocenters. The molecule has 0 aliphatic heterocycles. The van der Waals surface area contributed by atoms with Gasteiger partial charge in [-0.3, -0.25) is 9.78 Å². The van der Waals surface area contributed by atoms with Crippen LogP contribution in [0.25, 0.3) is 20.9 Å². The van der Waals surface area contributed by atoms with Crippen LogP contribution in [0.3, 0.4) is 0 Å². The fourth-order valence-corrected chi connectivity index (χ4v) is 2.84. The second-order valence-corrected chi connectivity index (χ2v) is 5.00. The lowest BCUT2D eigenvalue weighted by atomic mass is 10.2. The molecule has 0 bridgehead atoms. The fourth-order valence-electron chi connectivity index (χ4n) is 1.87. The molecular weight excluding hydrogens is 258 g/mol. The summed E-state index contributed by atoms with van der Waals surface area (Å²) in [5.41, 5.74) is 2.10. The molecule has 2 heterocycles. The summed E-state index contributed by atoms with van der Waals surface area (Å²) in [6, 6.07) is 11.4. The van der Waals surface area contributed by atoms with Gasteiger partial charge < -0.3 is 5.32 Å². The van der Waals surface area contributed by atoms with Crippen molar-refractivity contribution in [2.45, 2.75) is 0 Å². The maximum absolute atomic E-state index is 11.8. The monoisotopic (exact) mass is 269 g/mol. The Morgan fingerprint density at radius 1 is 1.21 bits per heavy atom. The van der Waals surface area contributed by atoms with Crippen molar-refractivity contribution >= 4 is 27.5 Å². The highest BCUT2D eigenvalue weighted by Crippen LogP contribution is 2.30. The Morgan fingerprint density at radius 2 is 2.05 bits per heavy atom. The third-order valence-corrected chi connectivity index (χ3v) is 3.82. The van der Waals surface area contributed by atoms with Crippen LogP contribution in [0.1, 0.15) is 10.4 Å². The Bertz CT molecular complexity index is 718. The Labute approximate surface area is 114 Å². The van der Waals surface area contributed by atoms with E-state index in [4.69, 9.17) is 0 Å². The first kappa shape index (κ1) is 11.8. The van der Waals surface area contributed by atoms with Crippen molar-refractivity contribution in [1.29, 1.82) is 0 Å². The highest BCUT2D eigenvalue weighted by molar-refractivity contribution is 7.21. The fraction of sp³-hybridized carbons (Fsp3) is 0.0714. The summed E-state index contributed by atoms with van der Waals surface area (Å²) in [7, 11) is 1.61. The molecule has 0 atom stereocenters. The summed E-state index contributed by atoms with van der Waals surface area (Å²) >= 11 is 1.54. The average Bonchev–Trinajstić information content (AvgIpc) is 2.90. The predicted octanol–water partition coefficient (Wildman–Crippen LogP) is 2.72. The number of hydrogen-bond donors (Lipinski definition) is 1. The minimum atomic E-state index is -0.151. The standard InChI is InChI=1S/C14H11N3OS/c1-15-13(18)9-5-4-8-16-12(9)14-17-10-6-2-3-7-11(10)19-14/h2-8H,1H3,(H,15,18). The molecule has 1 N–H and O–H groups in total. The number of hydrogen-bond acceptors (Lipinski definition) is 4. The van der Waals surface area contributed by atoms with E-state index in [9.17, 15) is 4.79 Å². The van der Waals surface area contributed by atoms with Gasteiger partial charge in [0.2, 0.25) is 0 Å². The molecule has 0 fully saturated rings. The number of benzene rings is 1. The lowest BCUT2D eigenvalue weighted by Gasteiger charge is -2.03. The Balaban J connectivity index is 2.18. The molecule has 4 nitrogen and oxygen atoms in total. The van der Waals surface area contributed by atoms with E-state index in [0.29, 0.717) is 11.3 Å². The number of para-hydroxylation sites is 1. The SMILES string of the molecule is CNC(=O)c1cccnc1-c1nc2ccccc2s1. The van der Waals surface area contributed by atoms with Gasteiger partial charge in [0.1, 0.15) is 10.7 Å². The summed E-state index contributed by atoms with van der Waals surface area (Å²) in [6.07, 6.45) is 1.67. The number of fused-ring (bicyclic) bond motifs is 1. The van der Waals surface area contributed by atoms with Gasteiger partial charge in [-0.2, -0.15) is 0 Å².